The monoisotopic (exact) mass is 410 g/mol. The molecule has 2 amide bonds. The first-order valence-electron chi connectivity index (χ1n) is 10.2. The van der Waals surface area contributed by atoms with E-state index in [-0.39, 0.29) is 11.8 Å². The molecule has 8 heteroatoms. The lowest BCUT2D eigenvalue weighted by molar-refractivity contribution is -0.122. The Morgan fingerprint density at radius 2 is 2.27 bits per heavy atom. The summed E-state index contributed by atoms with van der Waals surface area (Å²) in [7, 11) is 1.63. The van der Waals surface area contributed by atoms with Crippen LogP contribution in [0.4, 0.5) is 0 Å². The molecule has 0 bridgehead atoms. The molecule has 158 valence electrons. The van der Waals surface area contributed by atoms with Crippen molar-refractivity contribution in [3.8, 4) is 5.75 Å². The number of hydrogen-bond donors (Lipinski definition) is 3. The van der Waals surface area contributed by atoms with Gasteiger partial charge in [-0.25, -0.2) is 4.98 Å². The molecule has 1 aliphatic heterocycles. The number of nitrogens with zero attached hydrogens (tertiary/aromatic N) is 1. The first kappa shape index (κ1) is 20.0. The molecule has 1 aliphatic rings. The Labute approximate surface area is 174 Å². The molecular formula is C22H26N4O4. The zero-order valence-corrected chi connectivity index (χ0v) is 17.0. The van der Waals surface area contributed by atoms with Crippen LogP contribution in [0.2, 0.25) is 0 Å². The second kappa shape index (κ2) is 8.61. The molecule has 3 aromatic rings. The normalized spacial score (nSPS) is 18.5. The second-order valence-electron chi connectivity index (χ2n) is 7.75. The van der Waals surface area contributed by atoms with Crippen LogP contribution >= 0.6 is 0 Å². The van der Waals surface area contributed by atoms with Crippen molar-refractivity contribution in [3.63, 3.8) is 0 Å². The van der Waals surface area contributed by atoms with E-state index in [9.17, 15) is 9.59 Å². The van der Waals surface area contributed by atoms with E-state index in [4.69, 9.17) is 9.15 Å². The number of nitrogens with one attached hydrogen (secondary N) is 3. The lowest BCUT2D eigenvalue weighted by Gasteiger charge is -2.28. The van der Waals surface area contributed by atoms with E-state index in [2.05, 4.69) is 20.6 Å². The van der Waals surface area contributed by atoms with Crippen LogP contribution < -0.4 is 15.4 Å². The number of imidazole rings is 1. The Kier molecular flexibility index (Phi) is 5.74. The number of benzene rings is 1. The van der Waals surface area contributed by atoms with Crippen LogP contribution in [0.15, 0.2) is 41.0 Å². The molecule has 1 atom stereocenters. The highest BCUT2D eigenvalue weighted by molar-refractivity contribution is 5.80. The van der Waals surface area contributed by atoms with Crippen molar-refractivity contribution < 1.29 is 18.7 Å². The van der Waals surface area contributed by atoms with Crippen LogP contribution in [-0.2, 0) is 22.4 Å². The first-order valence-corrected chi connectivity index (χ1v) is 10.2. The highest BCUT2D eigenvalue weighted by atomic mass is 16.5. The van der Waals surface area contributed by atoms with Gasteiger partial charge in [0.25, 0.3) is 0 Å². The van der Waals surface area contributed by atoms with Crippen LogP contribution in [-0.4, -0.2) is 41.0 Å². The van der Waals surface area contributed by atoms with Gasteiger partial charge >= 0.3 is 0 Å². The van der Waals surface area contributed by atoms with E-state index >= 15 is 0 Å². The van der Waals surface area contributed by atoms with Gasteiger partial charge in [0.2, 0.25) is 11.8 Å². The summed E-state index contributed by atoms with van der Waals surface area (Å²) in [5, 5.41) is 6.01. The summed E-state index contributed by atoms with van der Waals surface area (Å²) in [6.45, 7) is 0.493. The van der Waals surface area contributed by atoms with Crippen molar-refractivity contribution in [2.45, 2.75) is 44.1 Å². The topological polar surface area (TPSA) is 109 Å². The van der Waals surface area contributed by atoms with Crippen LogP contribution in [0.25, 0.3) is 11.0 Å². The van der Waals surface area contributed by atoms with Crippen molar-refractivity contribution in [1.29, 1.82) is 0 Å². The van der Waals surface area contributed by atoms with Gasteiger partial charge in [-0.3, -0.25) is 9.59 Å². The molecule has 3 N–H and O–H groups in total. The Morgan fingerprint density at radius 1 is 1.37 bits per heavy atom. The van der Waals surface area contributed by atoms with Crippen molar-refractivity contribution in [3.05, 3.63) is 48.2 Å². The average molecular weight is 410 g/mol. The molecule has 1 aromatic carbocycles. The van der Waals surface area contributed by atoms with E-state index in [1.807, 2.05) is 30.3 Å². The highest BCUT2D eigenvalue weighted by Crippen LogP contribution is 2.29. The second-order valence-corrected chi connectivity index (χ2v) is 7.75. The van der Waals surface area contributed by atoms with Gasteiger partial charge in [-0.2, -0.15) is 0 Å². The number of methoxy groups -OCH3 is 1. The predicted octanol–water partition coefficient (Wildman–Crippen LogP) is 2.49. The van der Waals surface area contributed by atoms with E-state index in [0.29, 0.717) is 45.1 Å². The molecule has 3 heterocycles. The summed E-state index contributed by atoms with van der Waals surface area (Å²) < 4.78 is 10.7. The third kappa shape index (κ3) is 4.64. The Hall–Kier alpha value is -3.29. The molecule has 1 fully saturated rings. The van der Waals surface area contributed by atoms with Crippen LogP contribution in [0, 0.1) is 0 Å². The third-order valence-corrected chi connectivity index (χ3v) is 5.58. The van der Waals surface area contributed by atoms with Gasteiger partial charge in [-0.15, -0.1) is 0 Å². The summed E-state index contributed by atoms with van der Waals surface area (Å²) in [4.78, 5) is 32.0. The molecule has 2 aromatic heterocycles. The van der Waals surface area contributed by atoms with Crippen LogP contribution in [0.5, 0.6) is 5.75 Å². The molecule has 0 aliphatic carbocycles. The highest BCUT2D eigenvalue weighted by Gasteiger charge is 2.38. The zero-order chi connectivity index (χ0) is 21.0. The van der Waals surface area contributed by atoms with E-state index < -0.39 is 5.54 Å². The van der Waals surface area contributed by atoms with Gasteiger partial charge in [0.15, 0.2) is 0 Å². The fourth-order valence-electron chi connectivity index (χ4n) is 3.98. The maximum Gasteiger partial charge on any atom is 0.220 e. The minimum atomic E-state index is -0.413. The number of carbonyl (C=O) groups is 2. The maximum atomic E-state index is 12.4. The van der Waals surface area contributed by atoms with E-state index in [1.54, 1.807) is 13.4 Å². The lowest BCUT2D eigenvalue weighted by atomic mass is 9.87. The van der Waals surface area contributed by atoms with Crippen LogP contribution in [0.3, 0.4) is 0 Å². The van der Waals surface area contributed by atoms with Gasteiger partial charge in [-0.1, -0.05) is 0 Å². The van der Waals surface area contributed by atoms with Gasteiger partial charge in [0, 0.05) is 43.8 Å². The van der Waals surface area contributed by atoms with E-state index in [1.165, 1.54) is 0 Å². The van der Waals surface area contributed by atoms with Gasteiger partial charge < -0.3 is 24.8 Å². The number of H-pyrrole nitrogens is 1. The van der Waals surface area contributed by atoms with Gasteiger partial charge in [0.1, 0.15) is 17.3 Å². The quantitative estimate of drug-likeness (QED) is 0.502. The van der Waals surface area contributed by atoms with E-state index in [0.717, 1.165) is 28.4 Å². The number of aromatic nitrogens is 2. The van der Waals surface area contributed by atoms with Crippen LogP contribution in [0.1, 0.15) is 37.3 Å². The summed E-state index contributed by atoms with van der Waals surface area (Å²) in [5.41, 5.74) is 1.37. The number of furan rings is 1. The first-order chi connectivity index (χ1) is 14.5. The number of amides is 2. The van der Waals surface area contributed by atoms with Crippen molar-refractivity contribution >= 4 is 22.8 Å². The largest absolute Gasteiger partial charge is 0.497 e. The number of fused-ring (bicyclic) bond motifs is 1. The zero-order valence-electron chi connectivity index (χ0n) is 17.0. The lowest BCUT2D eigenvalue weighted by Crippen LogP contribution is -2.44. The standard InChI is InChI=1S/C22H26N4O4/c1-29-15-4-5-17-18(13-15)25-19(24-17)8-11-23-20(27)6-9-22(10-7-21(28)26-22)14-16-3-2-12-30-16/h2-5,12-13H,6-11,14H2,1H3,(H,23,27)(H,24,25)(H,26,28)/t22-/m1/s1. The SMILES string of the molecule is COc1ccc2nc(CCNC(=O)CC[C@]3(Cc4ccco4)CCC(=O)N3)[nH]c2c1. The number of aromatic amines is 1. The van der Waals surface area contributed by atoms with Crippen molar-refractivity contribution in [2.75, 3.05) is 13.7 Å². The molecule has 4 rings (SSSR count). The Bertz CT molecular complexity index is 1030. The summed E-state index contributed by atoms with van der Waals surface area (Å²) in [6.07, 6.45) is 4.95. The average Bonchev–Trinajstić information content (AvgIpc) is 3.46. The van der Waals surface area contributed by atoms with Crippen molar-refractivity contribution in [2.24, 2.45) is 0 Å². The summed E-state index contributed by atoms with van der Waals surface area (Å²) in [5.74, 6) is 2.40. The predicted molar refractivity (Wildman–Crippen MR) is 111 cm³/mol. The summed E-state index contributed by atoms with van der Waals surface area (Å²) in [6, 6.07) is 9.41. The number of rotatable bonds is 9. The number of carbonyl (C=O) groups excluding carboxylic acids is 2. The molecule has 0 unspecified atom stereocenters. The van der Waals surface area contributed by atoms with Gasteiger partial charge in [0.05, 0.1) is 24.4 Å². The minimum Gasteiger partial charge on any atom is -0.497 e. The fraction of sp³-hybridized carbons (Fsp3) is 0.409. The van der Waals surface area contributed by atoms with Gasteiger partial charge in [-0.05, 0) is 37.1 Å². The Balaban J connectivity index is 1.27. The number of hydrogen-bond acceptors (Lipinski definition) is 5. The number of ether oxygens (including phenoxy) is 1. The minimum absolute atomic E-state index is 0.0310. The fourth-order valence-corrected chi connectivity index (χ4v) is 3.98. The molecule has 1 saturated heterocycles. The molecule has 0 radical (unpaired) electrons. The maximum absolute atomic E-state index is 12.4. The molecule has 8 nitrogen and oxygen atoms in total. The molecule has 30 heavy (non-hydrogen) atoms. The molecular weight excluding hydrogens is 384 g/mol. The smallest absolute Gasteiger partial charge is 0.220 e. The van der Waals surface area contributed by atoms with Crippen molar-refractivity contribution in [1.82, 2.24) is 20.6 Å². The molecule has 0 spiro atoms. The Morgan fingerprint density at radius 3 is 3.00 bits per heavy atom. The summed E-state index contributed by atoms with van der Waals surface area (Å²) >= 11 is 0. The third-order valence-electron chi connectivity index (χ3n) is 5.58. The molecule has 0 saturated carbocycles.